The van der Waals surface area contributed by atoms with Crippen molar-refractivity contribution in [3.63, 3.8) is 0 Å². The molecule has 0 spiro atoms. The smallest absolute Gasteiger partial charge is 0.305 e. The molecule has 0 radical (unpaired) electrons. The number of nitrogen functional groups attached to an aromatic ring is 1. The summed E-state index contributed by atoms with van der Waals surface area (Å²) in [5, 5.41) is 3.12. The lowest BCUT2D eigenvalue weighted by Crippen LogP contribution is -2.30. The molecule has 1 amide bonds. The standard InChI is InChI=1S/C13H18N6O2/c1-2-3-6-15-11-10(14)12(17-8-16-11)18-19-13(20)9-5-4-7-21-9/h4-5,7-8H,2-3,6,14H2,1H3,(H,19,20)(H2,15,16,17,18). The Kier molecular flexibility index (Phi) is 4.97. The molecule has 0 aliphatic carbocycles. The summed E-state index contributed by atoms with van der Waals surface area (Å²) in [4.78, 5) is 19.8. The number of hydrogen-bond acceptors (Lipinski definition) is 7. The van der Waals surface area contributed by atoms with Crippen LogP contribution in [0.25, 0.3) is 0 Å². The number of hydrogen-bond donors (Lipinski definition) is 4. The number of furan rings is 1. The second-order valence-corrected chi connectivity index (χ2v) is 4.32. The molecule has 0 aliphatic heterocycles. The first-order chi connectivity index (χ1) is 10.2. The van der Waals surface area contributed by atoms with E-state index in [4.69, 9.17) is 10.2 Å². The van der Waals surface area contributed by atoms with Crippen LogP contribution in [0.4, 0.5) is 17.3 Å². The molecule has 0 atom stereocenters. The van der Waals surface area contributed by atoms with Crippen molar-refractivity contribution in [3.8, 4) is 0 Å². The second kappa shape index (κ2) is 7.13. The summed E-state index contributed by atoms with van der Waals surface area (Å²) in [6.07, 6.45) is 4.87. The van der Waals surface area contributed by atoms with E-state index in [1.165, 1.54) is 12.6 Å². The SMILES string of the molecule is CCCCNc1ncnc(NNC(=O)c2ccco2)c1N. The molecule has 0 saturated heterocycles. The maximum Gasteiger partial charge on any atom is 0.305 e. The van der Waals surface area contributed by atoms with Crippen LogP contribution < -0.4 is 21.9 Å². The van der Waals surface area contributed by atoms with Crippen LogP contribution in [0.5, 0.6) is 0 Å². The molecule has 2 aromatic rings. The van der Waals surface area contributed by atoms with Crippen LogP contribution in [-0.4, -0.2) is 22.4 Å². The fraction of sp³-hybridized carbons (Fsp3) is 0.308. The van der Waals surface area contributed by atoms with Gasteiger partial charge in [0.25, 0.3) is 0 Å². The fourth-order valence-corrected chi connectivity index (χ4v) is 1.60. The number of nitrogens with one attached hydrogen (secondary N) is 3. The molecule has 0 saturated carbocycles. The van der Waals surface area contributed by atoms with Crippen molar-refractivity contribution < 1.29 is 9.21 Å². The van der Waals surface area contributed by atoms with Gasteiger partial charge < -0.3 is 15.5 Å². The van der Waals surface area contributed by atoms with Crippen LogP contribution in [0, 0.1) is 0 Å². The monoisotopic (exact) mass is 290 g/mol. The number of amides is 1. The van der Waals surface area contributed by atoms with Crippen LogP contribution in [-0.2, 0) is 0 Å². The van der Waals surface area contributed by atoms with Gasteiger partial charge in [-0.25, -0.2) is 9.97 Å². The van der Waals surface area contributed by atoms with Gasteiger partial charge in [-0.15, -0.1) is 0 Å². The summed E-state index contributed by atoms with van der Waals surface area (Å²) in [7, 11) is 0. The summed E-state index contributed by atoms with van der Waals surface area (Å²) in [6, 6.07) is 3.18. The molecule has 5 N–H and O–H groups in total. The van der Waals surface area contributed by atoms with E-state index < -0.39 is 5.91 Å². The molecular weight excluding hydrogens is 272 g/mol. The predicted molar refractivity (Wildman–Crippen MR) is 79.6 cm³/mol. The zero-order valence-electron chi connectivity index (χ0n) is 11.7. The van der Waals surface area contributed by atoms with Crippen molar-refractivity contribution in [2.75, 3.05) is 23.0 Å². The van der Waals surface area contributed by atoms with Crippen molar-refractivity contribution in [1.29, 1.82) is 0 Å². The van der Waals surface area contributed by atoms with Gasteiger partial charge in [-0.3, -0.25) is 15.6 Å². The molecule has 2 heterocycles. The van der Waals surface area contributed by atoms with Crippen LogP contribution in [0.2, 0.25) is 0 Å². The van der Waals surface area contributed by atoms with Crippen molar-refractivity contribution in [3.05, 3.63) is 30.5 Å². The van der Waals surface area contributed by atoms with Gasteiger partial charge in [-0.2, -0.15) is 0 Å². The first-order valence-electron chi connectivity index (χ1n) is 6.66. The Hall–Kier alpha value is -2.77. The third-order valence-electron chi connectivity index (χ3n) is 2.75. The van der Waals surface area contributed by atoms with E-state index in [1.807, 2.05) is 0 Å². The van der Waals surface area contributed by atoms with Gasteiger partial charge in [0.15, 0.2) is 17.4 Å². The van der Waals surface area contributed by atoms with E-state index in [1.54, 1.807) is 12.1 Å². The van der Waals surface area contributed by atoms with Gasteiger partial charge in [0.05, 0.1) is 6.26 Å². The fourth-order valence-electron chi connectivity index (χ4n) is 1.60. The lowest BCUT2D eigenvalue weighted by molar-refractivity contribution is 0.0935. The molecular formula is C13H18N6O2. The van der Waals surface area contributed by atoms with Crippen molar-refractivity contribution >= 4 is 23.2 Å². The number of carbonyl (C=O) groups excluding carboxylic acids is 1. The summed E-state index contributed by atoms with van der Waals surface area (Å²) in [5.74, 6) is 0.632. The van der Waals surface area contributed by atoms with Crippen molar-refractivity contribution in [1.82, 2.24) is 15.4 Å². The van der Waals surface area contributed by atoms with Crippen molar-refractivity contribution in [2.24, 2.45) is 0 Å². The molecule has 0 aromatic carbocycles. The number of anilines is 3. The molecule has 8 heteroatoms. The maximum atomic E-state index is 11.7. The largest absolute Gasteiger partial charge is 0.459 e. The average molecular weight is 290 g/mol. The molecule has 21 heavy (non-hydrogen) atoms. The highest BCUT2D eigenvalue weighted by atomic mass is 16.3. The zero-order chi connectivity index (χ0) is 15.1. The normalized spacial score (nSPS) is 10.1. The van der Waals surface area contributed by atoms with Gasteiger partial charge in [-0.05, 0) is 18.6 Å². The number of nitrogens with two attached hydrogens (primary N) is 1. The van der Waals surface area contributed by atoms with Gasteiger partial charge in [0.2, 0.25) is 0 Å². The minimum absolute atomic E-state index is 0.191. The molecule has 112 valence electrons. The highest BCUT2D eigenvalue weighted by Crippen LogP contribution is 2.21. The number of aromatic nitrogens is 2. The predicted octanol–water partition coefficient (Wildman–Crippen LogP) is 1.62. The molecule has 2 aromatic heterocycles. The molecule has 0 aliphatic rings. The first-order valence-corrected chi connectivity index (χ1v) is 6.66. The Bertz CT molecular complexity index is 584. The van der Waals surface area contributed by atoms with Crippen LogP contribution in [0.1, 0.15) is 30.3 Å². The van der Waals surface area contributed by atoms with Gasteiger partial charge >= 0.3 is 5.91 Å². The summed E-state index contributed by atoms with van der Waals surface area (Å²) >= 11 is 0. The zero-order valence-corrected chi connectivity index (χ0v) is 11.7. The third-order valence-corrected chi connectivity index (χ3v) is 2.75. The van der Waals surface area contributed by atoms with E-state index in [-0.39, 0.29) is 5.76 Å². The van der Waals surface area contributed by atoms with Crippen molar-refractivity contribution in [2.45, 2.75) is 19.8 Å². The van der Waals surface area contributed by atoms with Crippen LogP contribution in [0.15, 0.2) is 29.1 Å². The lowest BCUT2D eigenvalue weighted by atomic mass is 10.3. The topological polar surface area (TPSA) is 118 Å². The van der Waals surface area contributed by atoms with Gasteiger partial charge in [-0.1, -0.05) is 13.3 Å². The van der Waals surface area contributed by atoms with E-state index in [0.29, 0.717) is 17.3 Å². The third kappa shape index (κ3) is 3.85. The second-order valence-electron chi connectivity index (χ2n) is 4.32. The Balaban J connectivity index is 1.97. The quantitative estimate of drug-likeness (QED) is 0.452. The molecule has 2 rings (SSSR count). The highest BCUT2D eigenvalue weighted by Gasteiger charge is 2.11. The lowest BCUT2D eigenvalue weighted by Gasteiger charge is -2.12. The molecule has 0 bridgehead atoms. The maximum absolute atomic E-state index is 11.7. The summed E-state index contributed by atoms with van der Waals surface area (Å²) < 4.78 is 4.97. The minimum Gasteiger partial charge on any atom is -0.459 e. The number of carbonyl (C=O) groups is 1. The molecule has 0 unspecified atom stereocenters. The van der Waals surface area contributed by atoms with Crippen LogP contribution in [0.3, 0.4) is 0 Å². The minimum atomic E-state index is -0.418. The Labute approximate surface area is 122 Å². The number of nitrogens with zero attached hydrogens (tertiary/aromatic N) is 2. The van der Waals surface area contributed by atoms with Crippen LogP contribution >= 0.6 is 0 Å². The number of rotatable bonds is 7. The Morgan fingerprint density at radius 3 is 2.90 bits per heavy atom. The number of unbranched alkanes of at least 4 members (excludes halogenated alkanes) is 1. The average Bonchev–Trinajstić information content (AvgIpc) is 3.02. The van der Waals surface area contributed by atoms with E-state index in [9.17, 15) is 4.79 Å². The molecule has 8 nitrogen and oxygen atoms in total. The van der Waals surface area contributed by atoms with E-state index >= 15 is 0 Å². The first kappa shape index (κ1) is 14.6. The van der Waals surface area contributed by atoms with Gasteiger partial charge in [0.1, 0.15) is 12.0 Å². The molecule has 0 fully saturated rings. The highest BCUT2D eigenvalue weighted by molar-refractivity contribution is 5.92. The van der Waals surface area contributed by atoms with E-state index in [0.717, 1.165) is 19.4 Å². The Morgan fingerprint density at radius 2 is 2.19 bits per heavy atom. The van der Waals surface area contributed by atoms with Gasteiger partial charge in [0, 0.05) is 6.54 Å². The number of hydrazine groups is 1. The Morgan fingerprint density at radius 1 is 1.38 bits per heavy atom. The van der Waals surface area contributed by atoms with E-state index in [2.05, 4.69) is 33.1 Å². The summed E-state index contributed by atoms with van der Waals surface area (Å²) in [5.41, 5.74) is 11.4. The summed E-state index contributed by atoms with van der Waals surface area (Å²) in [6.45, 7) is 2.87.